The maximum absolute atomic E-state index is 12.8. The van der Waals surface area contributed by atoms with Crippen molar-refractivity contribution >= 4 is 11.5 Å². The lowest BCUT2D eigenvalue weighted by Crippen LogP contribution is -2.32. The molecule has 2 bridgehead atoms. The van der Waals surface area contributed by atoms with Crippen LogP contribution in [0.1, 0.15) is 29.6 Å². The van der Waals surface area contributed by atoms with Gasteiger partial charge >= 0.3 is 0 Å². The van der Waals surface area contributed by atoms with Crippen LogP contribution in [0.15, 0.2) is 35.9 Å². The Hall–Kier alpha value is -1.61. The molecular formula is C15H18N2O. The second-order valence-electron chi connectivity index (χ2n) is 5.43. The smallest absolute Gasteiger partial charge is 0.173 e. The molecule has 1 aromatic carbocycles. The summed E-state index contributed by atoms with van der Waals surface area (Å²) in [6.07, 6.45) is 5.23. The second-order valence-corrected chi connectivity index (χ2v) is 5.43. The average molecular weight is 242 g/mol. The first-order chi connectivity index (χ1) is 8.65. The molecule has 0 saturated heterocycles. The third kappa shape index (κ3) is 1.51. The molecule has 1 aromatic rings. The number of hydrogen-bond acceptors (Lipinski definition) is 3. The van der Waals surface area contributed by atoms with E-state index in [9.17, 15) is 4.79 Å². The van der Waals surface area contributed by atoms with Crippen molar-refractivity contribution < 1.29 is 4.79 Å². The van der Waals surface area contributed by atoms with Crippen LogP contribution in [0.2, 0.25) is 0 Å². The summed E-state index contributed by atoms with van der Waals surface area (Å²) in [6.45, 7) is 0.497. The highest BCUT2D eigenvalue weighted by Crippen LogP contribution is 2.55. The van der Waals surface area contributed by atoms with Gasteiger partial charge in [0.2, 0.25) is 0 Å². The van der Waals surface area contributed by atoms with Crippen molar-refractivity contribution in [1.82, 2.24) is 0 Å². The van der Waals surface area contributed by atoms with Crippen molar-refractivity contribution in [3.05, 3.63) is 41.5 Å². The number of nitrogens with two attached hydrogens (primary N) is 2. The molecule has 0 aliphatic heterocycles. The van der Waals surface area contributed by atoms with E-state index in [4.69, 9.17) is 11.5 Å². The molecule has 2 aliphatic carbocycles. The van der Waals surface area contributed by atoms with Gasteiger partial charge in [-0.15, -0.1) is 0 Å². The van der Waals surface area contributed by atoms with Gasteiger partial charge < -0.3 is 11.5 Å². The number of rotatable bonds is 3. The zero-order valence-corrected chi connectivity index (χ0v) is 10.4. The Morgan fingerprint density at radius 2 is 2.06 bits per heavy atom. The second kappa shape index (κ2) is 3.95. The Morgan fingerprint density at radius 3 is 2.67 bits per heavy atom. The zero-order chi connectivity index (χ0) is 12.8. The van der Waals surface area contributed by atoms with Gasteiger partial charge in [0, 0.05) is 17.8 Å². The largest absolute Gasteiger partial charge is 0.399 e. The quantitative estimate of drug-likeness (QED) is 0.484. The van der Waals surface area contributed by atoms with E-state index in [-0.39, 0.29) is 11.2 Å². The zero-order valence-electron chi connectivity index (χ0n) is 10.4. The number of fused-ring (bicyclic) bond motifs is 2. The maximum atomic E-state index is 12.8. The standard InChI is InChI=1S/C15H18N2O/c16-9-12-7-10-5-6-15(12,8-10)14(18)11-1-3-13(17)4-2-11/h1-4,7,10H,5-6,8-9,16-17H2. The van der Waals surface area contributed by atoms with E-state index in [0.29, 0.717) is 18.2 Å². The van der Waals surface area contributed by atoms with Crippen LogP contribution in [-0.2, 0) is 0 Å². The molecule has 18 heavy (non-hydrogen) atoms. The summed E-state index contributed by atoms with van der Waals surface area (Å²) in [4.78, 5) is 12.8. The first-order valence-corrected chi connectivity index (χ1v) is 6.47. The number of Topliss-reactive ketones (excluding diaryl/α,β-unsaturated/α-hetero) is 1. The molecule has 0 heterocycles. The average Bonchev–Trinajstić information content (AvgIpc) is 2.97. The minimum atomic E-state index is -0.310. The predicted molar refractivity (Wildman–Crippen MR) is 72.1 cm³/mol. The number of anilines is 1. The van der Waals surface area contributed by atoms with Crippen LogP contribution in [-0.4, -0.2) is 12.3 Å². The summed E-state index contributed by atoms with van der Waals surface area (Å²) in [5.74, 6) is 0.778. The Bertz CT molecular complexity index is 518. The van der Waals surface area contributed by atoms with Crippen LogP contribution >= 0.6 is 0 Å². The van der Waals surface area contributed by atoms with Crippen molar-refractivity contribution in [3.8, 4) is 0 Å². The number of benzene rings is 1. The van der Waals surface area contributed by atoms with Gasteiger partial charge in [0.15, 0.2) is 5.78 Å². The van der Waals surface area contributed by atoms with Crippen LogP contribution in [0.3, 0.4) is 0 Å². The predicted octanol–water partition coefficient (Wildman–Crippen LogP) is 2.14. The van der Waals surface area contributed by atoms with Crippen molar-refractivity contribution in [3.63, 3.8) is 0 Å². The fraction of sp³-hybridized carbons (Fsp3) is 0.400. The van der Waals surface area contributed by atoms with E-state index in [1.165, 1.54) is 0 Å². The summed E-state index contributed by atoms with van der Waals surface area (Å²) < 4.78 is 0. The Balaban J connectivity index is 1.97. The lowest BCUT2D eigenvalue weighted by atomic mass is 9.74. The molecule has 94 valence electrons. The first-order valence-electron chi connectivity index (χ1n) is 6.47. The molecule has 0 radical (unpaired) electrons. The van der Waals surface area contributed by atoms with Crippen LogP contribution in [0.5, 0.6) is 0 Å². The summed E-state index contributed by atoms with van der Waals surface area (Å²) in [6, 6.07) is 7.23. The fourth-order valence-electron chi connectivity index (χ4n) is 3.49. The van der Waals surface area contributed by atoms with Crippen molar-refractivity contribution in [2.75, 3.05) is 12.3 Å². The maximum Gasteiger partial charge on any atom is 0.173 e. The molecule has 2 aliphatic rings. The molecule has 2 atom stereocenters. The van der Waals surface area contributed by atoms with Crippen LogP contribution in [0, 0.1) is 11.3 Å². The molecule has 0 amide bonds. The monoisotopic (exact) mass is 242 g/mol. The van der Waals surface area contributed by atoms with Crippen molar-refractivity contribution in [2.24, 2.45) is 17.1 Å². The van der Waals surface area contributed by atoms with E-state index in [1.807, 2.05) is 12.1 Å². The van der Waals surface area contributed by atoms with E-state index >= 15 is 0 Å². The van der Waals surface area contributed by atoms with Gasteiger partial charge in [0.05, 0.1) is 5.41 Å². The highest BCUT2D eigenvalue weighted by atomic mass is 16.1. The van der Waals surface area contributed by atoms with Gasteiger partial charge in [-0.1, -0.05) is 6.08 Å². The Labute approximate surface area is 107 Å². The van der Waals surface area contributed by atoms with Gasteiger partial charge in [0.25, 0.3) is 0 Å². The molecule has 2 unspecified atom stereocenters. The molecule has 3 rings (SSSR count). The van der Waals surface area contributed by atoms with Gasteiger partial charge in [-0.05, 0) is 55.0 Å². The molecular weight excluding hydrogens is 224 g/mol. The number of nitrogen functional groups attached to an aromatic ring is 1. The van der Waals surface area contributed by atoms with Gasteiger partial charge in [-0.2, -0.15) is 0 Å². The lowest BCUT2D eigenvalue weighted by Gasteiger charge is -2.28. The Kier molecular flexibility index (Phi) is 2.52. The first kappa shape index (κ1) is 11.5. The van der Waals surface area contributed by atoms with E-state index < -0.39 is 0 Å². The topological polar surface area (TPSA) is 69.1 Å². The van der Waals surface area contributed by atoms with E-state index in [1.54, 1.807) is 12.1 Å². The van der Waals surface area contributed by atoms with Crippen LogP contribution < -0.4 is 11.5 Å². The van der Waals surface area contributed by atoms with Crippen molar-refractivity contribution in [2.45, 2.75) is 19.3 Å². The number of allylic oxidation sites excluding steroid dienone is 1. The van der Waals surface area contributed by atoms with Gasteiger partial charge in [0.1, 0.15) is 0 Å². The highest BCUT2D eigenvalue weighted by Gasteiger charge is 2.51. The molecule has 1 saturated carbocycles. The number of carbonyl (C=O) groups excluding carboxylic acids is 1. The number of ketones is 1. The molecule has 1 fully saturated rings. The lowest BCUT2D eigenvalue weighted by molar-refractivity contribution is 0.0847. The summed E-state index contributed by atoms with van der Waals surface area (Å²) in [7, 11) is 0. The minimum absolute atomic E-state index is 0.221. The van der Waals surface area contributed by atoms with Crippen LogP contribution in [0.4, 0.5) is 5.69 Å². The van der Waals surface area contributed by atoms with Gasteiger partial charge in [-0.3, -0.25) is 4.79 Å². The number of carbonyl (C=O) groups is 1. The minimum Gasteiger partial charge on any atom is -0.399 e. The van der Waals surface area contributed by atoms with Crippen molar-refractivity contribution in [1.29, 1.82) is 0 Å². The molecule has 0 aromatic heterocycles. The third-order valence-electron chi connectivity index (χ3n) is 4.43. The van der Waals surface area contributed by atoms with E-state index in [2.05, 4.69) is 6.08 Å². The summed E-state index contributed by atoms with van der Waals surface area (Å²) in [5.41, 5.74) is 13.7. The molecule has 0 spiro atoms. The van der Waals surface area contributed by atoms with Crippen LogP contribution in [0.25, 0.3) is 0 Å². The SMILES string of the molecule is NCC1=CC2CCC1(C(=O)c1ccc(N)cc1)C2. The summed E-state index contributed by atoms with van der Waals surface area (Å²) in [5, 5.41) is 0. The molecule has 3 heteroatoms. The Morgan fingerprint density at radius 1 is 1.33 bits per heavy atom. The normalized spacial score (nSPS) is 29.4. The molecule has 4 N–H and O–H groups in total. The highest BCUT2D eigenvalue weighted by molar-refractivity contribution is 6.03. The molecule has 3 nitrogen and oxygen atoms in total. The number of hydrogen-bond donors (Lipinski definition) is 2. The van der Waals surface area contributed by atoms with E-state index in [0.717, 1.165) is 30.4 Å². The summed E-state index contributed by atoms with van der Waals surface area (Å²) >= 11 is 0. The fourth-order valence-corrected chi connectivity index (χ4v) is 3.49. The third-order valence-corrected chi connectivity index (χ3v) is 4.43. The van der Waals surface area contributed by atoms with Gasteiger partial charge in [-0.25, -0.2) is 0 Å².